The molecule has 12 heteroatoms. The summed E-state index contributed by atoms with van der Waals surface area (Å²) in [6, 6.07) is 0. The molecular formula is C12H21Cl3N6O3. The standard InChI is InChI=1S/C12H18N6O3.3ClH/c1-4(19)16-10-7(13)11(17-5(2)20)9(15)12(8(10)14)18-6(3)21;;;/h13-15H2,1-3H3,(H,16,19)(H,17,20)(H,18,21);3*1H. The molecule has 1 aromatic rings. The summed E-state index contributed by atoms with van der Waals surface area (Å²) in [6.45, 7) is 3.81. The van der Waals surface area contributed by atoms with Crippen LogP contribution in [0.2, 0.25) is 0 Å². The highest BCUT2D eigenvalue weighted by atomic mass is 35.5. The Morgan fingerprint density at radius 3 is 0.875 bits per heavy atom. The molecule has 1 rings (SSSR count). The summed E-state index contributed by atoms with van der Waals surface area (Å²) in [7, 11) is 0. The van der Waals surface area contributed by atoms with Crippen molar-refractivity contribution in [3.63, 3.8) is 0 Å². The monoisotopic (exact) mass is 402 g/mol. The Hall–Kier alpha value is -2.10. The van der Waals surface area contributed by atoms with Gasteiger partial charge in [0, 0.05) is 20.8 Å². The molecular weight excluding hydrogens is 383 g/mol. The molecule has 1 aromatic carbocycles. The predicted octanol–water partition coefficient (Wildman–Crippen LogP) is 1.57. The Morgan fingerprint density at radius 1 is 0.583 bits per heavy atom. The number of rotatable bonds is 3. The van der Waals surface area contributed by atoms with Gasteiger partial charge in [0.1, 0.15) is 0 Å². The van der Waals surface area contributed by atoms with Crippen LogP contribution in [-0.4, -0.2) is 17.7 Å². The van der Waals surface area contributed by atoms with Gasteiger partial charge in [0.15, 0.2) is 0 Å². The minimum Gasteiger partial charge on any atom is -0.395 e. The van der Waals surface area contributed by atoms with Gasteiger partial charge in [-0.1, -0.05) is 0 Å². The highest BCUT2D eigenvalue weighted by Gasteiger charge is 2.21. The Labute approximate surface area is 157 Å². The first-order valence-corrected chi connectivity index (χ1v) is 5.98. The van der Waals surface area contributed by atoms with E-state index < -0.39 is 17.7 Å². The molecule has 0 fully saturated rings. The van der Waals surface area contributed by atoms with E-state index in [9.17, 15) is 14.4 Å². The Balaban J connectivity index is -0.00000147. The van der Waals surface area contributed by atoms with Crippen LogP contribution in [0.25, 0.3) is 0 Å². The quantitative estimate of drug-likeness (QED) is 0.419. The van der Waals surface area contributed by atoms with Crippen molar-refractivity contribution in [1.29, 1.82) is 0 Å². The second-order valence-corrected chi connectivity index (χ2v) is 4.41. The number of carbonyl (C=O) groups excluding carboxylic acids is 3. The van der Waals surface area contributed by atoms with E-state index in [0.717, 1.165) is 0 Å². The lowest BCUT2D eigenvalue weighted by Crippen LogP contribution is -2.19. The van der Waals surface area contributed by atoms with Gasteiger partial charge in [0.2, 0.25) is 17.7 Å². The smallest absolute Gasteiger partial charge is 0.221 e. The van der Waals surface area contributed by atoms with Gasteiger partial charge in [-0.2, -0.15) is 0 Å². The van der Waals surface area contributed by atoms with Gasteiger partial charge in [-0.25, -0.2) is 0 Å². The maximum Gasteiger partial charge on any atom is 0.221 e. The number of halogens is 3. The van der Waals surface area contributed by atoms with Crippen LogP contribution in [0.3, 0.4) is 0 Å². The Bertz CT molecular complexity index is 532. The second kappa shape index (κ2) is 10.6. The molecule has 0 saturated carbocycles. The van der Waals surface area contributed by atoms with Gasteiger partial charge in [-0.15, -0.1) is 37.2 Å². The van der Waals surface area contributed by atoms with Crippen LogP contribution in [0.5, 0.6) is 0 Å². The number of hydrogen-bond acceptors (Lipinski definition) is 6. The molecule has 0 heterocycles. The Kier molecular flexibility index (Phi) is 11.9. The van der Waals surface area contributed by atoms with Crippen LogP contribution in [0.4, 0.5) is 34.1 Å². The molecule has 0 atom stereocenters. The number of amides is 3. The number of carbonyl (C=O) groups is 3. The van der Waals surface area contributed by atoms with Gasteiger partial charge < -0.3 is 33.2 Å². The minimum atomic E-state index is -0.416. The number of benzene rings is 1. The van der Waals surface area contributed by atoms with Crippen molar-refractivity contribution < 1.29 is 14.4 Å². The fourth-order valence-corrected chi connectivity index (χ4v) is 1.74. The third-order valence-corrected chi connectivity index (χ3v) is 2.52. The fourth-order valence-electron chi connectivity index (χ4n) is 1.74. The van der Waals surface area contributed by atoms with Gasteiger partial charge in [0.05, 0.1) is 34.1 Å². The predicted molar refractivity (Wildman–Crippen MR) is 104 cm³/mol. The summed E-state index contributed by atoms with van der Waals surface area (Å²) < 4.78 is 0. The van der Waals surface area contributed by atoms with Crippen LogP contribution < -0.4 is 33.2 Å². The molecule has 0 spiro atoms. The van der Waals surface area contributed by atoms with E-state index in [4.69, 9.17) is 17.2 Å². The van der Waals surface area contributed by atoms with Crippen LogP contribution in [0, 0.1) is 0 Å². The van der Waals surface area contributed by atoms with Crippen molar-refractivity contribution in [2.75, 3.05) is 33.2 Å². The highest BCUT2D eigenvalue weighted by molar-refractivity contribution is 6.14. The zero-order valence-electron chi connectivity index (χ0n) is 13.2. The summed E-state index contributed by atoms with van der Waals surface area (Å²) in [4.78, 5) is 33.7. The van der Waals surface area contributed by atoms with Crippen LogP contribution >= 0.6 is 37.2 Å². The molecule has 24 heavy (non-hydrogen) atoms. The lowest BCUT2D eigenvalue weighted by molar-refractivity contribution is -0.115. The third kappa shape index (κ3) is 6.19. The molecule has 0 unspecified atom stereocenters. The number of nitrogens with one attached hydrogen (secondary N) is 3. The average Bonchev–Trinajstić information content (AvgIpc) is 2.35. The molecule has 138 valence electrons. The van der Waals surface area contributed by atoms with Crippen molar-refractivity contribution in [3.8, 4) is 0 Å². The molecule has 9 N–H and O–H groups in total. The summed E-state index contributed by atoms with van der Waals surface area (Å²) in [5, 5.41) is 7.35. The third-order valence-electron chi connectivity index (χ3n) is 2.52. The SMILES string of the molecule is CC(=O)Nc1c(N)c(NC(C)=O)c(N)c(NC(C)=O)c1N.Cl.Cl.Cl. The summed E-state index contributed by atoms with van der Waals surface area (Å²) in [5.74, 6) is -1.25. The van der Waals surface area contributed by atoms with Gasteiger partial charge in [0.25, 0.3) is 0 Å². The lowest BCUT2D eigenvalue weighted by Gasteiger charge is -2.21. The molecule has 0 bridgehead atoms. The summed E-state index contributed by atoms with van der Waals surface area (Å²) in [5.41, 5.74) is 17.9. The van der Waals surface area contributed by atoms with Crippen molar-refractivity contribution in [3.05, 3.63) is 0 Å². The van der Waals surface area contributed by atoms with Gasteiger partial charge in [-0.05, 0) is 0 Å². The summed E-state index contributed by atoms with van der Waals surface area (Å²) in [6.07, 6.45) is 0. The molecule has 9 nitrogen and oxygen atoms in total. The number of nitrogens with two attached hydrogens (primary N) is 3. The molecule has 0 aliphatic rings. The second-order valence-electron chi connectivity index (χ2n) is 4.41. The average molecular weight is 404 g/mol. The molecule has 0 radical (unpaired) electrons. The number of anilines is 6. The first-order valence-electron chi connectivity index (χ1n) is 5.98. The van der Waals surface area contributed by atoms with E-state index in [1.165, 1.54) is 20.8 Å². The van der Waals surface area contributed by atoms with E-state index in [-0.39, 0.29) is 71.3 Å². The zero-order valence-corrected chi connectivity index (χ0v) is 15.6. The minimum absolute atomic E-state index is 0. The zero-order chi connectivity index (χ0) is 16.3. The fraction of sp³-hybridized carbons (Fsp3) is 0.250. The van der Waals surface area contributed by atoms with Gasteiger partial charge >= 0.3 is 0 Å². The Morgan fingerprint density at radius 2 is 0.750 bits per heavy atom. The topological polar surface area (TPSA) is 165 Å². The molecule has 0 saturated heterocycles. The molecule has 0 aromatic heterocycles. The number of nitrogen functional groups attached to an aromatic ring is 3. The van der Waals surface area contributed by atoms with Crippen LogP contribution in [0.15, 0.2) is 0 Å². The summed E-state index contributed by atoms with van der Waals surface area (Å²) >= 11 is 0. The van der Waals surface area contributed by atoms with E-state index >= 15 is 0 Å². The number of hydrogen-bond donors (Lipinski definition) is 6. The molecule has 0 aliphatic carbocycles. The van der Waals surface area contributed by atoms with Crippen LogP contribution in [-0.2, 0) is 14.4 Å². The van der Waals surface area contributed by atoms with Crippen LogP contribution in [0.1, 0.15) is 20.8 Å². The molecule has 3 amide bonds. The largest absolute Gasteiger partial charge is 0.395 e. The van der Waals surface area contributed by atoms with E-state index in [1.807, 2.05) is 0 Å². The van der Waals surface area contributed by atoms with Crippen molar-refractivity contribution in [2.45, 2.75) is 20.8 Å². The van der Waals surface area contributed by atoms with Crippen molar-refractivity contribution >= 4 is 89.1 Å². The van der Waals surface area contributed by atoms with Crippen molar-refractivity contribution in [1.82, 2.24) is 0 Å². The van der Waals surface area contributed by atoms with Crippen molar-refractivity contribution in [2.24, 2.45) is 0 Å². The van der Waals surface area contributed by atoms with E-state index in [0.29, 0.717) is 0 Å². The lowest BCUT2D eigenvalue weighted by atomic mass is 10.1. The maximum atomic E-state index is 11.2. The van der Waals surface area contributed by atoms with Gasteiger partial charge in [-0.3, -0.25) is 14.4 Å². The molecule has 0 aliphatic heterocycles. The van der Waals surface area contributed by atoms with E-state index in [1.54, 1.807) is 0 Å². The highest BCUT2D eigenvalue weighted by Crippen LogP contribution is 2.45. The first kappa shape index (κ1) is 26.8. The normalized spacial score (nSPS) is 8.62. The van der Waals surface area contributed by atoms with E-state index in [2.05, 4.69) is 16.0 Å². The maximum absolute atomic E-state index is 11.2. The first-order chi connectivity index (χ1) is 9.65.